The Labute approximate surface area is 153 Å². The number of hydrogen-bond acceptors (Lipinski definition) is 4. The molecule has 0 radical (unpaired) electrons. The molecule has 0 bridgehead atoms. The van der Waals surface area contributed by atoms with Gasteiger partial charge in [-0.3, -0.25) is 0 Å². The van der Waals surface area contributed by atoms with E-state index >= 15 is 0 Å². The molecule has 0 unspecified atom stereocenters. The number of fused-ring (bicyclic) bond motifs is 1. The molecule has 1 aliphatic heterocycles. The highest BCUT2D eigenvalue weighted by Gasteiger charge is 2.30. The number of benzene rings is 2. The fourth-order valence-corrected chi connectivity index (χ4v) is 2.86. The van der Waals surface area contributed by atoms with Gasteiger partial charge in [-0.2, -0.15) is 13.2 Å². The van der Waals surface area contributed by atoms with Crippen molar-refractivity contribution in [3.8, 4) is 22.8 Å². The van der Waals surface area contributed by atoms with E-state index < -0.39 is 11.7 Å². The van der Waals surface area contributed by atoms with Gasteiger partial charge >= 0.3 is 6.18 Å². The largest absolute Gasteiger partial charge is 0.460 e. The van der Waals surface area contributed by atoms with Crippen LogP contribution in [0.15, 0.2) is 59.0 Å². The van der Waals surface area contributed by atoms with E-state index in [1.54, 1.807) is 18.2 Å². The number of halogens is 3. The van der Waals surface area contributed by atoms with Crippen molar-refractivity contribution in [2.45, 2.75) is 19.3 Å². The molecule has 4 rings (SSSR count). The molecule has 2 heterocycles. The third-order valence-electron chi connectivity index (χ3n) is 4.20. The Morgan fingerprint density at radius 1 is 0.889 bits per heavy atom. The number of ether oxygens (including phenoxy) is 2. The SMILES string of the molecule is FC(F)(F)c1cccc(-c2ccc(CNCc3ccc4c(c3)OCO4)o2)c1. The van der Waals surface area contributed by atoms with E-state index in [0.29, 0.717) is 30.2 Å². The summed E-state index contributed by atoms with van der Waals surface area (Å²) >= 11 is 0. The van der Waals surface area contributed by atoms with Gasteiger partial charge in [0, 0.05) is 12.1 Å². The summed E-state index contributed by atoms with van der Waals surface area (Å²) < 4.78 is 54.8. The smallest absolute Gasteiger partial charge is 0.416 e. The minimum absolute atomic E-state index is 0.233. The molecule has 0 atom stereocenters. The summed E-state index contributed by atoms with van der Waals surface area (Å²) in [6.07, 6.45) is -4.38. The van der Waals surface area contributed by atoms with Crippen molar-refractivity contribution in [2.75, 3.05) is 6.79 Å². The van der Waals surface area contributed by atoms with Gasteiger partial charge in [-0.15, -0.1) is 0 Å². The van der Waals surface area contributed by atoms with Crippen molar-refractivity contribution in [3.05, 3.63) is 71.5 Å². The lowest BCUT2D eigenvalue weighted by Gasteiger charge is -2.07. The number of furan rings is 1. The molecule has 1 N–H and O–H groups in total. The summed E-state index contributed by atoms with van der Waals surface area (Å²) in [5, 5.41) is 3.24. The maximum Gasteiger partial charge on any atom is 0.416 e. The van der Waals surface area contributed by atoms with Gasteiger partial charge in [0.15, 0.2) is 11.5 Å². The zero-order valence-corrected chi connectivity index (χ0v) is 14.2. The van der Waals surface area contributed by atoms with Crippen LogP contribution in [0.1, 0.15) is 16.9 Å². The van der Waals surface area contributed by atoms with E-state index in [4.69, 9.17) is 13.9 Å². The van der Waals surface area contributed by atoms with Crippen LogP contribution in [-0.2, 0) is 19.3 Å². The van der Waals surface area contributed by atoms with Crippen molar-refractivity contribution in [3.63, 3.8) is 0 Å². The van der Waals surface area contributed by atoms with Crippen LogP contribution >= 0.6 is 0 Å². The Bertz CT molecular complexity index is 950. The first-order chi connectivity index (χ1) is 13.0. The van der Waals surface area contributed by atoms with Gasteiger partial charge in [0.05, 0.1) is 12.1 Å². The predicted molar refractivity (Wildman–Crippen MR) is 92.3 cm³/mol. The highest BCUT2D eigenvalue weighted by atomic mass is 19.4. The number of alkyl halides is 3. The third-order valence-corrected chi connectivity index (χ3v) is 4.20. The Morgan fingerprint density at radius 3 is 2.59 bits per heavy atom. The molecule has 1 aromatic heterocycles. The molecule has 0 aliphatic carbocycles. The lowest BCUT2D eigenvalue weighted by molar-refractivity contribution is -0.137. The molecular formula is C20H16F3NO3. The monoisotopic (exact) mass is 375 g/mol. The van der Waals surface area contributed by atoms with Crippen molar-refractivity contribution >= 4 is 0 Å². The second-order valence-corrected chi connectivity index (χ2v) is 6.14. The molecule has 140 valence electrons. The van der Waals surface area contributed by atoms with Crippen LogP contribution in [0.25, 0.3) is 11.3 Å². The van der Waals surface area contributed by atoms with Gasteiger partial charge in [-0.05, 0) is 42.0 Å². The average molecular weight is 375 g/mol. The predicted octanol–water partition coefficient (Wildman–Crippen LogP) is 4.98. The third kappa shape index (κ3) is 3.93. The normalized spacial score (nSPS) is 13.1. The van der Waals surface area contributed by atoms with Crippen molar-refractivity contribution < 1.29 is 27.1 Å². The fraction of sp³-hybridized carbons (Fsp3) is 0.200. The van der Waals surface area contributed by atoms with E-state index in [-0.39, 0.29) is 6.79 Å². The molecule has 4 nitrogen and oxygen atoms in total. The Morgan fingerprint density at radius 2 is 1.74 bits per heavy atom. The van der Waals surface area contributed by atoms with E-state index in [1.807, 2.05) is 18.2 Å². The first-order valence-corrected chi connectivity index (χ1v) is 8.35. The average Bonchev–Trinajstić information content (AvgIpc) is 3.30. The Hall–Kier alpha value is -2.93. The van der Waals surface area contributed by atoms with Crippen LogP contribution in [0.5, 0.6) is 11.5 Å². The maximum absolute atomic E-state index is 12.8. The second-order valence-electron chi connectivity index (χ2n) is 6.14. The summed E-state index contributed by atoms with van der Waals surface area (Å²) in [7, 11) is 0. The first-order valence-electron chi connectivity index (χ1n) is 8.35. The van der Waals surface area contributed by atoms with Crippen LogP contribution in [0, 0.1) is 0 Å². The quantitative estimate of drug-likeness (QED) is 0.683. The lowest BCUT2D eigenvalue weighted by atomic mass is 10.1. The van der Waals surface area contributed by atoms with Gasteiger partial charge in [0.25, 0.3) is 0 Å². The molecule has 0 amide bonds. The fourth-order valence-electron chi connectivity index (χ4n) is 2.86. The van der Waals surface area contributed by atoms with E-state index in [1.165, 1.54) is 6.07 Å². The van der Waals surface area contributed by atoms with Crippen LogP contribution in [0.3, 0.4) is 0 Å². The second kappa shape index (κ2) is 7.00. The maximum atomic E-state index is 12.8. The number of rotatable bonds is 5. The molecule has 0 saturated heterocycles. The van der Waals surface area contributed by atoms with Gasteiger partial charge in [-0.25, -0.2) is 0 Å². The summed E-state index contributed by atoms with van der Waals surface area (Å²) in [6, 6.07) is 14.2. The van der Waals surface area contributed by atoms with Gasteiger partial charge in [0.2, 0.25) is 6.79 Å². The highest BCUT2D eigenvalue weighted by Crippen LogP contribution is 2.33. The molecule has 1 aliphatic rings. The summed E-state index contributed by atoms with van der Waals surface area (Å²) in [5.41, 5.74) is 0.731. The van der Waals surface area contributed by atoms with Crippen molar-refractivity contribution in [1.29, 1.82) is 0 Å². The zero-order valence-electron chi connectivity index (χ0n) is 14.2. The minimum Gasteiger partial charge on any atom is -0.460 e. The van der Waals surface area contributed by atoms with E-state index in [9.17, 15) is 13.2 Å². The zero-order chi connectivity index (χ0) is 18.9. The van der Waals surface area contributed by atoms with Crippen LogP contribution in [0.4, 0.5) is 13.2 Å². The summed E-state index contributed by atoms with van der Waals surface area (Å²) in [6.45, 7) is 1.28. The molecule has 2 aromatic carbocycles. The summed E-state index contributed by atoms with van der Waals surface area (Å²) in [5.74, 6) is 2.50. The van der Waals surface area contributed by atoms with Crippen LogP contribution in [-0.4, -0.2) is 6.79 Å². The molecule has 0 spiro atoms. The van der Waals surface area contributed by atoms with Crippen LogP contribution < -0.4 is 14.8 Å². The number of nitrogens with one attached hydrogen (secondary N) is 1. The van der Waals surface area contributed by atoms with Crippen molar-refractivity contribution in [2.24, 2.45) is 0 Å². The topological polar surface area (TPSA) is 43.6 Å². The molecule has 0 saturated carbocycles. The van der Waals surface area contributed by atoms with Gasteiger partial charge in [0.1, 0.15) is 11.5 Å². The van der Waals surface area contributed by atoms with Crippen LogP contribution in [0.2, 0.25) is 0 Å². The first kappa shape index (κ1) is 17.5. The molecule has 7 heteroatoms. The molecule has 0 fully saturated rings. The standard InChI is InChI=1S/C20H16F3NO3/c21-20(22,23)15-3-1-2-14(9-15)17-7-5-16(27-17)11-24-10-13-4-6-18-19(8-13)26-12-25-18/h1-9,24H,10-12H2. The highest BCUT2D eigenvalue weighted by molar-refractivity contribution is 5.59. The van der Waals surface area contributed by atoms with Gasteiger partial charge < -0.3 is 19.2 Å². The number of hydrogen-bond donors (Lipinski definition) is 1. The lowest BCUT2D eigenvalue weighted by Crippen LogP contribution is -2.11. The molecule has 27 heavy (non-hydrogen) atoms. The summed E-state index contributed by atoms with van der Waals surface area (Å²) in [4.78, 5) is 0. The Kier molecular flexibility index (Phi) is 4.53. The molecular weight excluding hydrogens is 359 g/mol. The molecule has 3 aromatic rings. The van der Waals surface area contributed by atoms with E-state index in [0.717, 1.165) is 29.2 Å². The minimum atomic E-state index is -4.38. The Balaban J connectivity index is 1.39. The van der Waals surface area contributed by atoms with Crippen molar-refractivity contribution in [1.82, 2.24) is 5.32 Å². The van der Waals surface area contributed by atoms with Gasteiger partial charge in [-0.1, -0.05) is 18.2 Å². The van der Waals surface area contributed by atoms with E-state index in [2.05, 4.69) is 5.32 Å².